The zero-order valence-corrected chi connectivity index (χ0v) is 13.3. The van der Waals surface area contributed by atoms with E-state index in [4.69, 9.17) is 9.15 Å². The minimum Gasteiger partial charge on any atom is -0.492 e. The first-order valence-electron chi connectivity index (χ1n) is 7.68. The molecule has 3 aromatic rings. The van der Waals surface area contributed by atoms with Crippen LogP contribution in [0.5, 0.6) is 5.75 Å². The number of hydrogen-bond acceptors (Lipinski definition) is 4. The fraction of sp³-hybridized carbons (Fsp3) is 0.222. The molecule has 0 aliphatic heterocycles. The van der Waals surface area contributed by atoms with Gasteiger partial charge < -0.3 is 14.5 Å². The molecule has 1 N–H and O–H groups in total. The van der Waals surface area contributed by atoms with E-state index in [9.17, 15) is 9.59 Å². The number of aromatic nitrogens is 1. The Bertz CT molecular complexity index is 893. The largest absolute Gasteiger partial charge is 0.492 e. The van der Waals surface area contributed by atoms with Crippen molar-refractivity contribution in [1.82, 2.24) is 9.88 Å². The summed E-state index contributed by atoms with van der Waals surface area (Å²) in [4.78, 5) is 23.8. The van der Waals surface area contributed by atoms with Gasteiger partial charge in [0.2, 0.25) is 5.91 Å². The number of carbonyl (C=O) groups is 1. The van der Waals surface area contributed by atoms with Crippen molar-refractivity contribution in [2.24, 2.45) is 0 Å². The van der Waals surface area contributed by atoms with Crippen LogP contribution < -0.4 is 15.8 Å². The minimum absolute atomic E-state index is 0.0830. The van der Waals surface area contributed by atoms with Gasteiger partial charge in [0.1, 0.15) is 18.9 Å². The van der Waals surface area contributed by atoms with E-state index in [2.05, 4.69) is 5.32 Å². The lowest BCUT2D eigenvalue weighted by molar-refractivity contribution is -0.121. The summed E-state index contributed by atoms with van der Waals surface area (Å²) in [6.45, 7) is 2.64. The van der Waals surface area contributed by atoms with E-state index in [0.29, 0.717) is 24.3 Å². The maximum atomic E-state index is 12.0. The van der Waals surface area contributed by atoms with E-state index in [0.717, 1.165) is 11.3 Å². The molecule has 0 spiro atoms. The molecule has 24 heavy (non-hydrogen) atoms. The molecule has 1 amide bonds. The fourth-order valence-corrected chi connectivity index (χ4v) is 2.36. The lowest BCUT2D eigenvalue weighted by Gasteiger charge is -2.08. The summed E-state index contributed by atoms with van der Waals surface area (Å²) in [5.41, 5.74) is 2.24. The number of aryl methyl sites for hydroxylation is 1. The van der Waals surface area contributed by atoms with Gasteiger partial charge in [0.05, 0.1) is 12.1 Å². The Labute approximate surface area is 138 Å². The first kappa shape index (κ1) is 15.9. The Morgan fingerprint density at radius 2 is 1.92 bits per heavy atom. The van der Waals surface area contributed by atoms with Crippen molar-refractivity contribution in [3.8, 4) is 5.75 Å². The Morgan fingerprint density at radius 1 is 1.17 bits per heavy atom. The number of nitrogens with one attached hydrogen (secondary N) is 1. The van der Waals surface area contributed by atoms with E-state index in [-0.39, 0.29) is 12.5 Å². The third kappa shape index (κ3) is 3.65. The predicted molar refractivity (Wildman–Crippen MR) is 90.2 cm³/mol. The number of fused-ring (bicyclic) bond motifs is 1. The number of oxazole rings is 1. The van der Waals surface area contributed by atoms with Gasteiger partial charge in [-0.25, -0.2) is 4.79 Å². The van der Waals surface area contributed by atoms with Crippen molar-refractivity contribution in [2.75, 3.05) is 13.2 Å². The van der Waals surface area contributed by atoms with Crippen LogP contribution in [-0.4, -0.2) is 23.6 Å². The Morgan fingerprint density at radius 3 is 2.71 bits per heavy atom. The number of rotatable bonds is 6. The molecule has 6 heteroatoms. The van der Waals surface area contributed by atoms with Crippen molar-refractivity contribution in [3.05, 3.63) is 64.6 Å². The fourth-order valence-electron chi connectivity index (χ4n) is 2.36. The van der Waals surface area contributed by atoms with Gasteiger partial charge in [0.25, 0.3) is 0 Å². The number of para-hydroxylation sites is 2. The summed E-state index contributed by atoms with van der Waals surface area (Å²) >= 11 is 0. The predicted octanol–water partition coefficient (Wildman–Crippen LogP) is 2.10. The molecular weight excluding hydrogens is 308 g/mol. The number of amides is 1. The maximum Gasteiger partial charge on any atom is 0.420 e. The molecule has 2 aromatic carbocycles. The number of ether oxygens (including phenoxy) is 1. The molecule has 0 saturated heterocycles. The average Bonchev–Trinajstić information content (AvgIpc) is 2.89. The van der Waals surface area contributed by atoms with Gasteiger partial charge in [-0.15, -0.1) is 0 Å². The van der Waals surface area contributed by atoms with Crippen LogP contribution in [0, 0.1) is 6.92 Å². The van der Waals surface area contributed by atoms with Crippen LogP contribution in [0.25, 0.3) is 11.1 Å². The Balaban J connectivity index is 1.51. The highest BCUT2D eigenvalue weighted by molar-refractivity contribution is 5.79. The standard InChI is InChI=1S/C18H18N2O4/c1-13-6-8-14(9-7-13)23-11-10-19-17(21)12-20-15-4-2-3-5-16(15)24-18(20)22/h2-9H,10-12H2,1H3,(H,19,21). The first-order chi connectivity index (χ1) is 11.6. The van der Waals surface area contributed by atoms with E-state index in [1.54, 1.807) is 24.3 Å². The third-order valence-corrected chi connectivity index (χ3v) is 3.59. The molecule has 1 heterocycles. The molecule has 1 aromatic heterocycles. The lowest BCUT2D eigenvalue weighted by atomic mass is 10.2. The third-order valence-electron chi connectivity index (χ3n) is 3.59. The molecule has 6 nitrogen and oxygen atoms in total. The van der Waals surface area contributed by atoms with Gasteiger partial charge in [-0.3, -0.25) is 9.36 Å². The van der Waals surface area contributed by atoms with Crippen LogP contribution in [0.3, 0.4) is 0 Å². The molecule has 0 unspecified atom stereocenters. The first-order valence-corrected chi connectivity index (χ1v) is 7.68. The molecule has 0 fully saturated rings. The highest BCUT2D eigenvalue weighted by atomic mass is 16.5. The van der Waals surface area contributed by atoms with E-state index >= 15 is 0 Å². The average molecular weight is 326 g/mol. The summed E-state index contributed by atoms with van der Waals surface area (Å²) in [6, 6.07) is 14.7. The second-order valence-electron chi connectivity index (χ2n) is 5.43. The van der Waals surface area contributed by atoms with Crippen LogP contribution in [0.1, 0.15) is 5.56 Å². The number of benzene rings is 2. The topological polar surface area (TPSA) is 73.5 Å². The van der Waals surface area contributed by atoms with Gasteiger partial charge in [-0.1, -0.05) is 29.8 Å². The molecule has 0 aliphatic carbocycles. The number of carbonyl (C=O) groups excluding carboxylic acids is 1. The number of hydrogen-bond donors (Lipinski definition) is 1. The van der Waals surface area contributed by atoms with Gasteiger partial charge in [0, 0.05) is 0 Å². The summed E-state index contributed by atoms with van der Waals surface area (Å²) in [5.74, 6) is -0.0506. The van der Waals surface area contributed by atoms with Gasteiger partial charge in [-0.2, -0.15) is 0 Å². The monoisotopic (exact) mass is 326 g/mol. The van der Waals surface area contributed by atoms with Crippen LogP contribution in [-0.2, 0) is 11.3 Å². The lowest BCUT2D eigenvalue weighted by Crippen LogP contribution is -2.33. The second kappa shape index (κ2) is 7.04. The molecule has 0 atom stereocenters. The minimum atomic E-state index is -0.540. The summed E-state index contributed by atoms with van der Waals surface area (Å²) in [5, 5.41) is 2.73. The van der Waals surface area contributed by atoms with Crippen molar-refractivity contribution in [2.45, 2.75) is 13.5 Å². The van der Waals surface area contributed by atoms with Crippen LogP contribution in [0.15, 0.2) is 57.7 Å². The zero-order valence-electron chi connectivity index (χ0n) is 13.3. The highest BCUT2D eigenvalue weighted by Gasteiger charge is 2.11. The maximum absolute atomic E-state index is 12.0. The normalized spacial score (nSPS) is 10.7. The Kier molecular flexibility index (Phi) is 4.65. The van der Waals surface area contributed by atoms with E-state index in [1.165, 1.54) is 4.57 Å². The SMILES string of the molecule is Cc1ccc(OCCNC(=O)Cn2c(=O)oc3ccccc32)cc1. The van der Waals surface area contributed by atoms with Crippen LogP contribution in [0.4, 0.5) is 0 Å². The Hall–Kier alpha value is -3.02. The highest BCUT2D eigenvalue weighted by Crippen LogP contribution is 2.12. The molecule has 3 rings (SSSR count). The zero-order chi connectivity index (χ0) is 16.9. The van der Waals surface area contributed by atoms with E-state index in [1.807, 2.05) is 31.2 Å². The molecule has 0 aliphatic rings. The van der Waals surface area contributed by atoms with Crippen molar-refractivity contribution in [3.63, 3.8) is 0 Å². The molecule has 124 valence electrons. The van der Waals surface area contributed by atoms with E-state index < -0.39 is 5.76 Å². The van der Waals surface area contributed by atoms with Crippen LogP contribution in [0.2, 0.25) is 0 Å². The molecule has 0 radical (unpaired) electrons. The van der Waals surface area contributed by atoms with Crippen LogP contribution >= 0.6 is 0 Å². The summed E-state index contributed by atoms with van der Waals surface area (Å²) in [7, 11) is 0. The van der Waals surface area contributed by atoms with Crippen molar-refractivity contribution < 1.29 is 13.9 Å². The summed E-state index contributed by atoms with van der Waals surface area (Å²) in [6.07, 6.45) is 0. The second-order valence-corrected chi connectivity index (χ2v) is 5.43. The summed E-state index contributed by atoms with van der Waals surface area (Å²) < 4.78 is 11.9. The number of nitrogens with zero attached hydrogens (tertiary/aromatic N) is 1. The molecule has 0 saturated carbocycles. The smallest absolute Gasteiger partial charge is 0.420 e. The molecule has 0 bridgehead atoms. The van der Waals surface area contributed by atoms with Gasteiger partial charge in [-0.05, 0) is 31.2 Å². The molecular formula is C18H18N2O4. The van der Waals surface area contributed by atoms with Gasteiger partial charge >= 0.3 is 5.76 Å². The van der Waals surface area contributed by atoms with Crippen molar-refractivity contribution in [1.29, 1.82) is 0 Å². The van der Waals surface area contributed by atoms with Gasteiger partial charge in [0.15, 0.2) is 5.58 Å². The quantitative estimate of drug-likeness (QED) is 0.704. The van der Waals surface area contributed by atoms with Crippen molar-refractivity contribution >= 4 is 17.0 Å².